The maximum absolute atomic E-state index is 12.0. The summed E-state index contributed by atoms with van der Waals surface area (Å²) in [5.41, 5.74) is 7.27. The van der Waals surface area contributed by atoms with E-state index >= 15 is 0 Å². The summed E-state index contributed by atoms with van der Waals surface area (Å²) >= 11 is 0. The number of rotatable bonds is 5. The van der Waals surface area contributed by atoms with Crippen LogP contribution in [-0.4, -0.2) is 22.2 Å². The van der Waals surface area contributed by atoms with E-state index in [0.29, 0.717) is 13.1 Å². The van der Waals surface area contributed by atoms with Crippen LogP contribution in [0.1, 0.15) is 31.5 Å². The third-order valence-corrected chi connectivity index (χ3v) is 3.56. The lowest BCUT2D eigenvalue weighted by Crippen LogP contribution is -2.43. The minimum Gasteiger partial charge on any atom is -0.351 e. The Kier molecular flexibility index (Phi) is 4.28. The molecule has 0 bridgehead atoms. The summed E-state index contributed by atoms with van der Waals surface area (Å²) < 4.78 is 1.80. The first kappa shape index (κ1) is 13.7. The third kappa shape index (κ3) is 2.85. The van der Waals surface area contributed by atoms with Crippen LogP contribution in [0.3, 0.4) is 0 Å². The van der Waals surface area contributed by atoms with Crippen molar-refractivity contribution in [3.63, 3.8) is 0 Å². The number of amides is 1. The van der Waals surface area contributed by atoms with Gasteiger partial charge in [-0.3, -0.25) is 9.48 Å². The third-order valence-electron chi connectivity index (χ3n) is 3.56. The molecular formula is C12H22N4O. The van der Waals surface area contributed by atoms with Crippen molar-refractivity contribution in [1.82, 2.24) is 15.1 Å². The number of hydrogen-bond acceptors (Lipinski definition) is 3. The first-order valence-electron chi connectivity index (χ1n) is 5.90. The van der Waals surface area contributed by atoms with Crippen LogP contribution in [0.15, 0.2) is 6.20 Å². The van der Waals surface area contributed by atoms with E-state index in [2.05, 4.69) is 10.4 Å². The summed E-state index contributed by atoms with van der Waals surface area (Å²) in [6.07, 6.45) is 2.52. The maximum atomic E-state index is 12.0. The van der Waals surface area contributed by atoms with E-state index in [1.165, 1.54) is 0 Å². The molecule has 1 aromatic rings. The molecular weight excluding hydrogens is 216 g/mol. The zero-order chi connectivity index (χ0) is 13.1. The van der Waals surface area contributed by atoms with E-state index in [1.807, 2.05) is 27.8 Å². The number of hydrogen-bond donors (Lipinski definition) is 2. The minimum absolute atomic E-state index is 0.00533. The lowest BCUT2D eigenvalue weighted by Gasteiger charge is -2.24. The van der Waals surface area contributed by atoms with Gasteiger partial charge in [-0.05, 0) is 20.3 Å². The van der Waals surface area contributed by atoms with Gasteiger partial charge in [0, 0.05) is 31.4 Å². The summed E-state index contributed by atoms with van der Waals surface area (Å²) in [5, 5.41) is 7.06. The number of nitrogens with one attached hydrogen (secondary N) is 1. The smallest absolute Gasteiger partial charge is 0.227 e. The van der Waals surface area contributed by atoms with Gasteiger partial charge in [0.2, 0.25) is 5.91 Å². The second-order valence-electron chi connectivity index (χ2n) is 4.68. The zero-order valence-electron chi connectivity index (χ0n) is 11.1. The Labute approximate surface area is 102 Å². The Bertz CT molecular complexity index is 393. The molecule has 96 valence electrons. The molecule has 1 amide bonds. The molecule has 0 spiro atoms. The SMILES string of the molecule is CCC(C)(CN)C(=O)NCc1cnn(C)c1C. The molecule has 1 aromatic heterocycles. The largest absolute Gasteiger partial charge is 0.351 e. The Morgan fingerprint density at radius 2 is 2.29 bits per heavy atom. The van der Waals surface area contributed by atoms with Gasteiger partial charge in [0.1, 0.15) is 0 Å². The molecule has 0 radical (unpaired) electrons. The van der Waals surface area contributed by atoms with Crippen molar-refractivity contribution in [3.8, 4) is 0 Å². The van der Waals surface area contributed by atoms with E-state index in [4.69, 9.17) is 5.73 Å². The van der Waals surface area contributed by atoms with E-state index in [1.54, 1.807) is 10.9 Å². The minimum atomic E-state index is -0.476. The van der Waals surface area contributed by atoms with Gasteiger partial charge in [0.05, 0.1) is 11.6 Å². The van der Waals surface area contributed by atoms with Gasteiger partial charge in [-0.25, -0.2) is 0 Å². The predicted octanol–water partition coefficient (Wildman–Crippen LogP) is 0.720. The Hall–Kier alpha value is -1.36. The number of carbonyl (C=O) groups is 1. The van der Waals surface area contributed by atoms with Crippen LogP contribution in [0.4, 0.5) is 0 Å². The molecule has 5 nitrogen and oxygen atoms in total. The van der Waals surface area contributed by atoms with Crippen LogP contribution >= 0.6 is 0 Å². The highest BCUT2D eigenvalue weighted by Gasteiger charge is 2.29. The fourth-order valence-corrected chi connectivity index (χ4v) is 1.50. The molecule has 3 N–H and O–H groups in total. The first-order chi connectivity index (χ1) is 7.94. The molecule has 17 heavy (non-hydrogen) atoms. The molecule has 5 heteroatoms. The topological polar surface area (TPSA) is 72.9 Å². The van der Waals surface area contributed by atoms with Crippen molar-refractivity contribution in [2.45, 2.75) is 33.7 Å². The summed E-state index contributed by atoms with van der Waals surface area (Å²) in [5.74, 6) is 0.00533. The number of carbonyl (C=O) groups excluding carboxylic acids is 1. The average Bonchev–Trinajstić information content (AvgIpc) is 2.66. The van der Waals surface area contributed by atoms with Gasteiger partial charge in [-0.1, -0.05) is 6.92 Å². The molecule has 0 aliphatic heterocycles. The van der Waals surface area contributed by atoms with Crippen molar-refractivity contribution < 1.29 is 4.79 Å². The number of aryl methyl sites for hydroxylation is 1. The fourth-order valence-electron chi connectivity index (χ4n) is 1.50. The maximum Gasteiger partial charge on any atom is 0.227 e. The molecule has 1 rings (SSSR count). The molecule has 0 aromatic carbocycles. The molecule has 0 aliphatic rings. The van der Waals surface area contributed by atoms with Gasteiger partial charge in [0.15, 0.2) is 0 Å². The lowest BCUT2D eigenvalue weighted by atomic mass is 9.86. The highest BCUT2D eigenvalue weighted by molar-refractivity contribution is 5.82. The van der Waals surface area contributed by atoms with Crippen molar-refractivity contribution in [1.29, 1.82) is 0 Å². The fraction of sp³-hybridized carbons (Fsp3) is 0.667. The summed E-state index contributed by atoms with van der Waals surface area (Å²) in [6.45, 7) is 6.71. The zero-order valence-corrected chi connectivity index (χ0v) is 11.1. The standard InChI is InChI=1S/C12H22N4O/c1-5-12(3,8-13)11(17)14-6-10-7-15-16(4)9(10)2/h7H,5-6,8,13H2,1-4H3,(H,14,17). The quantitative estimate of drug-likeness (QED) is 0.794. The molecule has 1 unspecified atom stereocenters. The molecule has 0 saturated carbocycles. The molecule has 0 aliphatic carbocycles. The van der Waals surface area contributed by atoms with Crippen LogP contribution < -0.4 is 11.1 Å². The number of nitrogens with two attached hydrogens (primary N) is 1. The highest BCUT2D eigenvalue weighted by Crippen LogP contribution is 2.19. The number of nitrogens with zero attached hydrogens (tertiary/aromatic N) is 2. The van der Waals surface area contributed by atoms with Gasteiger partial charge < -0.3 is 11.1 Å². The van der Waals surface area contributed by atoms with Crippen LogP contribution in [0.5, 0.6) is 0 Å². The molecule has 0 saturated heterocycles. The van der Waals surface area contributed by atoms with Crippen molar-refractivity contribution in [3.05, 3.63) is 17.5 Å². The van der Waals surface area contributed by atoms with Gasteiger partial charge in [-0.2, -0.15) is 5.10 Å². The van der Waals surface area contributed by atoms with Gasteiger partial charge in [0.25, 0.3) is 0 Å². The highest BCUT2D eigenvalue weighted by atomic mass is 16.2. The second kappa shape index (κ2) is 5.31. The summed E-state index contributed by atoms with van der Waals surface area (Å²) in [6, 6.07) is 0. The molecule has 1 heterocycles. The van der Waals surface area contributed by atoms with Gasteiger partial charge in [-0.15, -0.1) is 0 Å². The van der Waals surface area contributed by atoms with E-state index in [9.17, 15) is 4.79 Å². The average molecular weight is 238 g/mol. The number of aromatic nitrogens is 2. The van der Waals surface area contributed by atoms with Crippen LogP contribution in [0.2, 0.25) is 0 Å². The Morgan fingerprint density at radius 3 is 2.71 bits per heavy atom. The summed E-state index contributed by atoms with van der Waals surface area (Å²) in [4.78, 5) is 12.0. The summed E-state index contributed by atoms with van der Waals surface area (Å²) in [7, 11) is 1.89. The second-order valence-corrected chi connectivity index (χ2v) is 4.68. The Balaban J connectivity index is 2.63. The molecule has 0 fully saturated rings. The van der Waals surface area contributed by atoms with E-state index in [-0.39, 0.29) is 5.91 Å². The van der Waals surface area contributed by atoms with Crippen LogP contribution in [-0.2, 0) is 18.4 Å². The lowest BCUT2D eigenvalue weighted by molar-refractivity contribution is -0.130. The van der Waals surface area contributed by atoms with Crippen LogP contribution in [0.25, 0.3) is 0 Å². The Morgan fingerprint density at radius 1 is 1.65 bits per heavy atom. The van der Waals surface area contributed by atoms with Gasteiger partial charge >= 0.3 is 0 Å². The van der Waals surface area contributed by atoms with Crippen molar-refractivity contribution in [2.24, 2.45) is 18.2 Å². The van der Waals surface area contributed by atoms with Crippen molar-refractivity contribution in [2.75, 3.05) is 6.54 Å². The predicted molar refractivity (Wildman–Crippen MR) is 67.2 cm³/mol. The van der Waals surface area contributed by atoms with Crippen LogP contribution in [0, 0.1) is 12.3 Å². The van der Waals surface area contributed by atoms with E-state index in [0.717, 1.165) is 17.7 Å². The normalized spacial score (nSPS) is 14.4. The monoisotopic (exact) mass is 238 g/mol. The van der Waals surface area contributed by atoms with E-state index < -0.39 is 5.41 Å². The van der Waals surface area contributed by atoms with Crippen molar-refractivity contribution >= 4 is 5.91 Å². The first-order valence-corrected chi connectivity index (χ1v) is 5.90. The molecule has 1 atom stereocenters.